The van der Waals surface area contributed by atoms with Crippen molar-refractivity contribution in [2.75, 3.05) is 0 Å². The Morgan fingerprint density at radius 1 is 1.11 bits per heavy atom. The molecular weight excluding hydrogens is 489 g/mol. The summed E-state index contributed by atoms with van der Waals surface area (Å²) in [6.45, 7) is 3.28. The second-order valence-electron chi connectivity index (χ2n) is 8.27. The van der Waals surface area contributed by atoms with Crippen molar-refractivity contribution in [1.29, 1.82) is 0 Å². The summed E-state index contributed by atoms with van der Waals surface area (Å²) >= 11 is 1.37. The maximum atomic E-state index is 12.9. The topological polar surface area (TPSA) is 138 Å². The first-order chi connectivity index (χ1) is 16.6. The third kappa shape index (κ3) is 8.09. The average Bonchev–Trinajstić information content (AvgIpc) is 3.35. The molecule has 4 N–H and O–H groups in total. The third-order valence-corrected chi connectivity index (χ3v) is 7.15. The van der Waals surface area contributed by atoms with E-state index in [9.17, 15) is 24.2 Å². The normalized spacial score (nSPS) is 14.7. The summed E-state index contributed by atoms with van der Waals surface area (Å²) in [5.74, 6) is -2.32. The van der Waals surface area contributed by atoms with Crippen molar-refractivity contribution in [3.05, 3.63) is 76.7 Å². The van der Waals surface area contributed by atoms with Crippen molar-refractivity contribution in [1.82, 2.24) is 15.4 Å². The van der Waals surface area contributed by atoms with E-state index in [2.05, 4.69) is 15.4 Å². The highest BCUT2D eigenvalue weighted by Crippen LogP contribution is 2.39. The number of hydrogen-bond donors (Lipinski definition) is 4. The second kappa shape index (κ2) is 12.2. The number of carbonyl (C=O) groups excluding carboxylic acids is 1. The van der Waals surface area contributed by atoms with Crippen LogP contribution in [0.5, 0.6) is 0 Å². The smallest absolute Gasteiger partial charge is 0.403 e. The van der Waals surface area contributed by atoms with Crippen molar-refractivity contribution in [3.63, 3.8) is 0 Å². The van der Waals surface area contributed by atoms with Gasteiger partial charge in [-0.2, -0.15) is 0 Å². The number of aliphatic carboxylic acids is 1. The molecule has 0 radical (unpaired) electrons. The van der Waals surface area contributed by atoms with E-state index in [4.69, 9.17) is 4.52 Å². The number of rotatable bonds is 12. The van der Waals surface area contributed by atoms with Gasteiger partial charge in [0, 0.05) is 23.7 Å². The highest BCUT2D eigenvalue weighted by Gasteiger charge is 2.33. The lowest BCUT2D eigenvalue weighted by Crippen LogP contribution is -2.52. The number of nitrogens with one attached hydrogen (secondary N) is 2. The number of carbonyl (C=O) groups is 2. The zero-order valence-electron chi connectivity index (χ0n) is 19.3. The van der Waals surface area contributed by atoms with Crippen molar-refractivity contribution in [3.8, 4) is 11.1 Å². The second-order valence-corrected chi connectivity index (χ2v) is 10.9. The molecule has 2 aromatic heterocycles. The summed E-state index contributed by atoms with van der Waals surface area (Å²) in [5.41, 5.74) is 2.58. The average molecular weight is 518 g/mol. The van der Waals surface area contributed by atoms with E-state index in [-0.39, 0.29) is 13.0 Å². The van der Waals surface area contributed by atoms with Gasteiger partial charge in [-0.15, -0.1) is 11.3 Å². The molecule has 0 aliphatic carbocycles. The molecule has 0 bridgehead atoms. The Labute approximate surface area is 207 Å². The van der Waals surface area contributed by atoms with Gasteiger partial charge in [-0.05, 0) is 40.1 Å². The summed E-state index contributed by atoms with van der Waals surface area (Å²) in [7, 11) is -4.32. The zero-order chi connectivity index (χ0) is 25.4. The van der Waals surface area contributed by atoms with Crippen molar-refractivity contribution < 1.29 is 28.7 Å². The molecule has 0 saturated heterocycles. The molecule has 1 aromatic carbocycles. The minimum atomic E-state index is -4.32. The summed E-state index contributed by atoms with van der Waals surface area (Å²) < 4.78 is 17.6. The predicted molar refractivity (Wildman–Crippen MR) is 134 cm³/mol. The van der Waals surface area contributed by atoms with Crippen LogP contribution >= 0.6 is 19.1 Å². The molecule has 0 aliphatic heterocycles. The quantitative estimate of drug-likeness (QED) is 0.266. The largest absolute Gasteiger partial charge is 0.480 e. The molecule has 0 fully saturated rings. The summed E-state index contributed by atoms with van der Waals surface area (Å²) in [6, 6.07) is 12.3. The van der Waals surface area contributed by atoms with Crippen molar-refractivity contribution in [2.45, 2.75) is 39.0 Å². The van der Waals surface area contributed by atoms with Crippen molar-refractivity contribution >= 4 is 31.0 Å². The highest BCUT2D eigenvalue weighted by atomic mass is 32.1. The lowest BCUT2D eigenvalue weighted by molar-refractivity contribution is -0.142. The van der Waals surface area contributed by atoms with Crippen LogP contribution in [0.3, 0.4) is 0 Å². The van der Waals surface area contributed by atoms with E-state index in [0.717, 1.165) is 16.0 Å². The van der Waals surface area contributed by atoms with E-state index in [1.165, 1.54) is 11.3 Å². The molecule has 0 spiro atoms. The van der Waals surface area contributed by atoms with Crippen LogP contribution in [0.4, 0.5) is 0 Å². The van der Waals surface area contributed by atoms with Crippen LogP contribution in [0.25, 0.3) is 11.1 Å². The van der Waals surface area contributed by atoms with Crippen LogP contribution in [0.15, 0.2) is 66.3 Å². The molecule has 3 aromatic rings. The fourth-order valence-corrected chi connectivity index (χ4v) is 5.19. The molecule has 11 heteroatoms. The first-order valence-electron chi connectivity index (χ1n) is 10.9. The Morgan fingerprint density at radius 3 is 2.43 bits per heavy atom. The summed E-state index contributed by atoms with van der Waals surface area (Å²) in [4.78, 5) is 39.8. The van der Waals surface area contributed by atoms with Gasteiger partial charge >= 0.3 is 13.7 Å². The lowest BCUT2D eigenvalue weighted by atomic mass is 10.0. The molecule has 1 unspecified atom stereocenters. The zero-order valence-corrected chi connectivity index (χ0v) is 21.0. The van der Waals surface area contributed by atoms with Gasteiger partial charge in [0.05, 0.1) is 12.6 Å². The maximum absolute atomic E-state index is 12.9. The number of aromatic nitrogens is 1. The molecule has 1 amide bonds. The van der Waals surface area contributed by atoms with E-state index >= 15 is 0 Å². The molecular formula is C24H28N3O6PS. The van der Waals surface area contributed by atoms with Crippen molar-refractivity contribution in [2.24, 2.45) is 5.92 Å². The number of nitrogens with zero attached hydrogens (tertiary/aromatic N) is 1. The Morgan fingerprint density at radius 2 is 1.86 bits per heavy atom. The minimum Gasteiger partial charge on any atom is -0.480 e. The van der Waals surface area contributed by atoms with Crippen LogP contribution in [0, 0.1) is 5.92 Å². The standard InChI is InChI=1S/C24H28N3O6PS/c1-16(2)22(27-34(31,32)33-15-20-6-4-12-35-20)23(28)26-21(24(29)30)13-17-7-9-18(10-8-17)19-5-3-11-25-14-19/h3-12,14,16,21-22H,13,15H2,1-2H3,(H,26,28)(H,29,30)(H2,27,31,32)/t21-,22-/m0/s1. The number of pyridine rings is 1. The first-order valence-corrected chi connectivity index (χ1v) is 13.4. The van der Waals surface area contributed by atoms with E-state index in [0.29, 0.717) is 5.56 Å². The molecule has 186 valence electrons. The van der Waals surface area contributed by atoms with Gasteiger partial charge in [0.15, 0.2) is 0 Å². The molecule has 3 atom stereocenters. The number of carboxylic acids is 1. The van der Waals surface area contributed by atoms with Crippen LogP contribution in [-0.2, 0) is 31.7 Å². The van der Waals surface area contributed by atoms with Gasteiger partial charge in [0.1, 0.15) is 6.04 Å². The number of thiophene rings is 1. The third-order valence-electron chi connectivity index (χ3n) is 5.22. The van der Waals surface area contributed by atoms with Crippen LogP contribution in [-0.4, -0.2) is 38.9 Å². The fourth-order valence-electron chi connectivity index (χ4n) is 3.33. The van der Waals surface area contributed by atoms with Crippen LogP contribution in [0.1, 0.15) is 24.3 Å². The van der Waals surface area contributed by atoms with Crippen LogP contribution < -0.4 is 10.4 Å². The van der Waals surface area contributed by atoms with Gasteiger partial charge in [0.2, 0.25) is 5.91 Å². The Hall–Kier alpha value is -2.88. The van der Waals surface area contributed by atoms with Gasteiger partial charge < -0.3 is 15.3 Å². The minimum absolute atomic E-state index is 0.0465. The predicted octanol–water partition coefficient (Wildman–Crippen LogP) is 3.85. The molecule has 0 saturated carbocycles. The number of amides is 1. The highest BCUT2D eigenvalue weighted by molar-refractivity contribution is 7.50. The summed E-state index contributed by atoms with van der Waals surface area (Å²) in [6.07, 6.45) is 3.46. The number of carboxylic acid groups (broad SMARTS) is 1. The molecule has 0 aliphatic rings. The summed E-state index contributed by atoms with van der Waals surface area (Å²) in [5, 5.41) is 16.4. The Bertz CT molecular complexity index is 1160. The molecule has 3 rings (SSSR count). The van der Waals surface area contributed by atoms with Gasteiger partial charge in [-0.1, -0.05) is 50.2 Å². The lowest BCUT2D eigenvalue weighted by Gasteiger charge is -2.26. The fraction of sp³-hybridized carbons (Fsp3) is 0.292. The van der Waals surface area contributed by atoms with Gasteiger partial charge in [0.25, 0.3) is 0 Å². The number of hydrogen-bond acceptors (Lipinski definition) is 6. The Kier molecular flexibility index (Phi) is 9.31. The maximum Gasteiger partial charge on any atom is 0.403 e. The van der Waals surface area contributed by atoms with Gasteiger partial charge in [-0.3, -0.25) is 14.3 Å². The number of benzene rings is 1. The van der Waals surface area contributed by atoms with E-state index < -0.39 is 37.6 Å². The van der Waals surface area contributed by atoms with E-state index in [1.807, 2.05) is 29.6 Å². The first kappa shape index (κ1) is 26.7. The molecule has 9 nitrogen and oxygen atoms in total. The van der Waals surface area contributed by atoms with Crippen LogP contribution in [0.2, 0.25) is 0 Å². The Balaban J connectivity index is 1.64. The molecule has 2 heterocycles. The van der Waals surface area contributed by atoms with Gasteiger partial charge in [-0.25, -0.2) is 14.4 Å². The monoisotopic (exact) mass is 517 g/mol. The molecule has 35 heavy (non-hydrogen) atoms. The SMILES string of the molecule is CC(C)[C@H](NP(=O)(O)OCc1cccs1)C(=O)N[C@@H](Cc1ccc(-c2cccnc2)cc1)C(=O)O. The van der Waals surface area contributed by atoms with E-state index in [1.54, 1.807) is 50.5 Å².